The normalized spacial score (nSPS) is 17.9. The second-order valence-electron chi connectivity index (χ2n) is 9.68. The Balaban J connectivity index is 1.32. The second-order valence-corrected chi connectivity index (χ2v) is 9.68. The van der Waals surface area contributed by atoms with E-state index in [1.54, 1.807) is 49.5 Å². The standard InChI is InChI=1S/C28H23F3N4O4/c1-35-33-27(32-34-35)16-4-2-15(3-5-16)26-21-9-11-23(20(21)8-10-22(26)28(29,30)31)39-18-6-7-19-17(12-25(36)37)14-38-24(19)13-18/h2-8,10,13,17,23H,9,11-12,14H2,1H3,(H,36,37)/t17?,23-/m1/s1. The lowest BCUT2D eigenvalue weighted by atomic mass is 9.91. The molecule has 8 nitrogen and oxygen atoms in total. The van der Waals surface area contributed by atoms with Gasteiger partial charge in [0.25, 0.3) is 0 Å². The average molecular weight is 537 g/mol. The molecule has 6 rings (SSSR count). The Morgan fingerprint density at radius 3 is 2.54 bits per heavy atom. The van der Waals surface area contributed by atoms with Gasteiger partial charge >= 0.3 is 12.1 Å². The SMILES string of the molecule is Cn1nnc(-c2ccc(-c3c(C(F)(F)F)ccc4c3CC[C@H]4Oc3ccc4c(c3)OCC4CC(=O)O)cc2)n1. The summed E-state index contributed by atoms with van der Waals surface area (Å²) in [6, 6.07) is 14.6. The summed E-state index contributed by atoms with van der Waals surface area (Å²) in [5.74, 6) is 0.360. The van der Waals surface area contributed by atoms with Gasteiger partial charge < -0.3 is 14.6 Å². The van der Waals surface area contributed by atoms with Gasteiger partial charge in [0, 0.05) is 23.1 Å². The number of carboxylic acids is 1. The molecule has 1 aromatic heterocycles. The Morgan fingerprint density at radius 1 is 1.10 bits per heavy atom. The number of ether oxygens (including phenoxy) is 2. The van der Waals surface area contributed by atoms with Crippen LogP contribution in [0.4, 0.5) is 13.2 Å². The van der Waals surface area contributed by atoms with Gasteiger partial charge in [0.05, 0.1) is 25.6 Å². The first kappa shape index (κ1) is 24.9. The summed E-state index contributed by atoms with van der Waals surface area (Å²) in [6.07, 6.45) is -4.04. The summed E-state index contributed by atoms with van der Waals surface area (Å²) in [5.41, 5.74) is 2.69. The summed E-state index contributed by atoms with van der Waals surface area (Å²) in [5, 5.41) is 21.0. The fourth-order valence-corrected chi connectivity index (χ4v) is 5.41. The fourth-order valence-electron chi connectivity index (χ4n) is 5.41. The van der Waals surface area contributed by atoms with Crippen molar-refractivity contribution in [2.75, 3.05) is 6.61 Å². The van der Waals surface area contributed by atoms with Crippen molar-refractivity contribution in [2.24, 2.45) is 7.05 Å². The lowest BCUT2D eigenvalue weighted by molar-refractivity contribution is -0.138. The summed E-state index contributed by atoms with van der Waals surface area (Å²) in [7, 11) is 1.64. The molecular weight excluding hydrogens is 513 g/mol. The number of aryl methyl sites for hydroxylation is 1. The van der Waals surface area contributed by atoms with Crippen LogP contribution in [0.3, 0.4) is 0 Å². The third kappa shape index (κ3) is 4.68. The molecule has 1 N–H and O–H groups in total. The largest absolute Gasteiger partial charge is 0.492 e. The number of tetrazole rings is 1. The van der Waals surface area contributed by atoms with Crippen molar-refractivity contribution < 1.29 is 32.5 Å². The zero-order valence-electron chi connectivity index (χ0n) is 20.8. The molecule has 0 saturated heterocycles. The van der Waals surface area contributed by atoms with E-state index in [1.807, 2.05) is 0 Å². The Hall–Kier alpha value is -4.41. The number of hydrogen-bond acceptors (Lipinski definition) is 6. The quantitative estimate of drug-likeness (QED) is 0.344. The Labute approximate surface area is 221 Å². The van der Waals surface area contributed by atoms with Gasteiger partial charge in [-0.15, -0.1) is 10.2 Å². The number of alkyl halides is 3. The van der Waals surface area contributed by atoms with E-state index in [0.29, 0.717) is 52.4 Å². The molecule has 2 atom stereocenters. The van der Waals surface area contributed by atoms with Gasteiger partial charge in [-0.2, -0.15) is 18.0 Å². The lowest BCUT2D eigenvalue weighted by Gasteiger charge is -2.20. The number of benzene rings is 3. The molecule has 2 aliphatic rings. The molecular formula is C28H23F3N4O4. The minimum Gasteiger partial charge on any atom is -0.492 e. The topological polar surface area (TPSA) is 99.4 Å². The summed E-state index contributed by atoms with van der Waals surface area (Å²) in [6.45, 7) is 0.284. The third-order valence-corrected chi connectivity index (χ3v) is 7.16. The summed E-state index contributed by atoms with van der Waals surface area (Å²) in [4.78, 5) is 12.4. The minimum absolute atomic E-state index is 0.0240. The number of carbonyl (C=O) groups is 1. The number of carboxylic acid groups (broad SMARTS) is 1. The smallest absolute Gasteiger partial charge is 0.417 e. The van der Waals surface area contributed by atoms with Crippen molar-refractivity contribution >= 4 is 5.97 Å². The Morgan fingerprint density at radius 2 is 1.85 bits per heavy atom. The number of fused-ring (bicyclic) bond motifs is 2. The van der Waals surface area contributed by atoms with Crippen LogP contribution in [0.5, 0.6) is 11.5 Å². The van der Waals surface area contributed by atoms with Crippen molar-refractivity contribution in [1.29, 1.82) is 0 Å². The zero-order chi connectivity index (χ0) is 27.3. The van der Waals surface area contributed by atoms with Crippen molar-refractivity contribution in [3.63, 3.8) is 0 Å². The maximum absolute atomic E-state index is 14.1. The van der Waals surface area contributed by atoms with Crippen molar-refractivity contribution in [3.05, 3.63) is 76.9 Å². The molecule has 4 aromatic rings. The van der Waals surface area contributed by atoms with Crippen LogP contribution < -0.4 is 9.47 Å². The van der Waals surface area contributed by atoms with Crippen LogP contribution in [0.25, 0.3) is 22.5 Å². The summed E-state index contributed by atoms with van der Waals surface area (Å²) < 4.78 is 54.3. The van der Waals surface area contributed by atoms with Crippen LogP contribution >= 0.6 is 0 Å². The predicted molar refractivity (Wildman–Crippen MR) is 133 cm³/mol. The highest BCUT2D eigenvalue weighted by Crippen LogP contribution is 2.47. The van der Waals surface area contributed by atoms with Gasteiger partial charge in [0.1, 0.15) is 17.6 Å². The summed E-state index contributed by atoms with van der Waals surface area (Å²) >= 11 is 0. The highest BCUT2D eigenvalue weighted by atomic mass is 19.4. The lowest BCUT2D eigenvalue weighted by Crippen LogP contribution is -2.10. The molecule has 2 heterocycles. The van der Waals surface area contributed by atoms with E-state index in [0.717, 1.165) is 11.6 Å². The first-order valence-corrected chi connectivity index (χ1v) is 12.4. The van der Waals surface area contributed by atoms with E-state index in [9.17, 15) is 18.0 Å². The molecule has 3 aromatic carbocycles. The molecule has 0 amide bonds. The van der Waals surface area contributed by atoms with E-state index in [2.05, 4.69) is 15.4 Å². The van der Waals surface area contributed by atoms with E-state index < -0.39 is 23.8 Å². The molecule has 1 unspecified atom stereocenters. The molecule has 0 bridgehead atoms. The first-order valence-electron chi connectivity index (χ1n) is 12.4. The molecule has 1 aliphatic carbocycles. The average Bonchev–Trinajstić information content (AvgIpc) is 3.62. The number of aliphatic carboxylic acids is 1. The number of aromatic nitrogens is 4. The Bertz CT molecular complexity index is 1570. The second kappa shape index (κ2) is 9.40. The highest BCUT2D eigenvalue weighted by molar-refractivity contribution is 5.76. The monoisotopic (exact) mass is 536 g/mol. The van der Waals surface area contributed by atoms with Gasteiger partial charge in [-0.05, 0) is 52.4 Å². The zero-order valence-corrected chi connectivity index (χ0v) is 20.8. The van der Waals surface area contributed by atoms with Gasteiger partial charge in [-0.3, -0.25) is 4.79 Å². The van der Waals surface area contributed by atoms with E-state index in [4.69, 9.17) is 14.6 Å². The van der Waals surface area contributed by atoms with Crippen LogP contribution in [0.2, 0.25) is 0 Å². The highest BCUT2D eigenvalue weighted by Gasteiger charge is 2.38. The van der Waals surface area contributed by atoms with E-state index >= 15 is 0 Å². The fraction of sp³-hybridized carbons (Fsp3) is 0.286. The molecule has 11 heteroatoms. The van der Waals surface area contributed by atoms with E-state index in [-0.39, 0.29) is 24.5 Å². The van der Waals surface area contributed by atoms with Gasteiger partial charge in [0.2, 0.25) is 5.82 Å². The number of halogens is 3. The first-order chi connectivity index (χ1) is 18.7. The van der Waals surface area contributed by atoms with Crippen LogP contribution in [-0.2, 0) is 24.4 Å². The molecule has 0 saturated carbocycles. The molecule has 39 heavy (non-hydrogen) atoms. The predicted octanol–water partition coefficient (Wildman–Crippen LogP) is 5.58. The number of hydrogen-bond donors (Lipinski definition) is 1. The maximum atomic E-state index is 14.1. The number of nitrogens with zero attached hydrogens (tertiary/aromatic N) is 4. The van der Waals surface area contributed by atoms with Crippen molar-refractivity contribution in [1.82, 2.24) is 20.2 Å². The van der Waals surface area contributed by atoms with Crippen molar-refractivity contribution in [2.45, 2.75) is 37.5 Å². The van der Waals surface area contributed by atoms with E-state index in [1.165, 1.54) is 10.9 Å². The van der Waals surface area contributed by atoms with Crippen LogP contribution in [0.1, 0.15) is 47.1 Å². The minimum atomic E-state index is -4.53. The Kier molecular flexibility index (Phi) is 6.00. The molecule has 0 spiro atoms. The maximum Gasteiger partial charge on any atom is 0.417 e. The van der Waals surface area contributed by atoms with Crippen LogP contribution in [0.15, 0.2) is 54.6 Å². The van der Waals surface area contributed by atoms with Gasteiger partial charge in [0.15, 0.2) is 0 Å². The van der Waals surface area contributed by atoms with Gasteiger partial charge in [-0.1, -0.05) is 36.4 Å². The van der Waals surface area contributed by atoms with Crippen molar-refractivity contribution in [3.8, 4) is 34.0 Å². The molecule has 0 radical (unpaired) electrons. The van der Waals surface area contributed by atoms with Crippen LogP contribution in [0, 0.1) is 0 Å². The van der Waals surface area contributed by atoms with Crippen LogP contribution in [-0.4, -0.2) is 37.9 Å². The molecule has 1 aliphatic heterocycles. The molecule has 200 valence electrons. The molecule has 0 fully saturated rings. The van der Waals surface area contributed by atoms with Gasteiger partial charge in [-0.25, -0.2) is 0 Å². The number of rotatable bonds is 6. The third-order valence-electron chi connectivity index (χ3n) is 7.16.